The Kier molecular flexibility index (Phi) is 6.33. The Balaban J connectivity index is 2.81. The number of allylic oxidation sites excluding steroid dienone is 1. The molecule has 0 aromatic heterocycles. The third-order valence-electron chi connectivity index (χ3n) is 2.99. The topological polar surface area (TPSA) is 93.1 Å². The first-order valence-corrected chi connectivity index (χ1v) is 6.62. The SMILES string of the molecule is C/C=C(\C)C(=O)O[C@H]1C=CC(=O)O[C@H]1/C=C/[C@H](O)[C@H](C)O. The maximum atomic E-state index is 11.7. The number of ether oxygens (including phenoxy) is 2. The van der Waals surface area contributed by atoms with Crippen molar-refractivity contribution in [3.63, 3.8) is 0 Å². The van der Waals surface area contributed by atoms with E-state index in [1.54, 1.807) is 19.9 Å². The molecule has 0 aromatic rings. The van der Waals surface area contributed by atoms with Gasteiger partial charge >= 0.3 is 11.9 Å². The number of rotatable bonds is 5. The van der Waals surface area contributed by atoms with Gasteiger partial charge in [0.2, 0.25) is 0 Å². The molecule has 1 aliphatic heterocycles. The highest BCUT2D eigenvalue weighted by atomic mass is 16.6. The summed E-state index contributed by atoms with van der Waals surface area (Å²) < 4.78 is 10.3. The van der Waals surface area contributed by atoms with Crippen molar-refractivity contribution in [2.45, 2.75) is 45.2 Å². The van der Waals surface area contributed by atoms with Gasteiger partial charge in [-0.15, -0.1) is 0 Å². The third-order valence-corrected chi connectivity index (χ3v) is 2.99. The fraction of sp³-hybridized carbons (Fsp3) is 0.467. The Morgan fingerprint density at radius 3 is 2.71 bits per heavy atom. The minimum atomic E-state index is -1.09. The van der Waals surface area contributed by atoms with Crippen molar-refractivity contribution >= 4 is 11.9 Å². The van der Waals surface area contributed by atoms with Gasteiger partial charge in [0.1, 0.15) is 0 Å². The lowest BCUT2D eigenvalue weighted by molar-refractivity contribution is -0.157. The van der Waals surface area contributed by atoms with Crippen molar-refractivity contribution in [1.82, 2.24) is 0 Å². The summed E-state index contributed by atoms with van der Waals surface area (Å²) in [6.07, 6.45) is 3.24. The van der Waals surface area contributed by atoms with Gasteiger partial charge in [0.05, 0.1) is 12.2 Å². The zero-order chi connectivity index (χ0) is 16.0. The van der Waals surface area contributed by atoms with Gasteiger partial charge in [-0.3, -0.25) is 0 Å². The molecule has 0 aromatic carbocycles. The Morgan fingerprint density at radius 1 is 1.48 bits per heavy atom. The molecular weight excluding hydrogens is 276 g/mol. The number of esters is 2. The fourth-order valence-electron chi connectivity index (χ4n) is 1.50. The maximum Gasteiger partial charge on any atom is 0.334 e. The summed E-state index contributed by atoms with van der Waals surface area (Å²) in [4.78, 5) is 23.0. The standard InChI is InChI=1S/C15H20O6/c1-4-9(2)15(19)21-13-7-8-14(18)20-12(13)6-5-11(17)10(3)16/h4-8,10-13,16-17H,1-3H3/b6-5+,9-4+/t10-,11-,12-,13-/m0/s1. The Hall–Kier alpha value is -1.92. The van der Waals surface area contributed by atoms with E-state index < -0.39 is 36.4 Å². The number of hydrogen-bond acceptors (Lipinski definition) is 6. The molecule has 2 N–H and O–H groups in total. The lowest BCUT2D eigenvalue weighted by Gasteiger charge is -2.25. The molecule has 1 aliphatic rings. The second-order valence-corrected chi connectivity index (χ2v) is 4.72. The second-order valence-electron chi connectivity index (χ2n) is 4.72. The highest BCUT2D eigenvalue weighted by Gasteiger charge is 2.28. The van der Waals surface area contributed by atoms with Crippen molar-refractivity contribution in [2.24, 2.45) is 0 Å². The average Bonchev–Trinajstić information content (AvgIpc) is 2.45. The summed E-state index contributed by atoms with van der Waals surface area (Å²) in [7, 11) is 0. The molecule has 0 bridgehead atoms. The van der Waals surface area contributed by atoms with Crippen molar-refractivity contribution in [2.75, 3.05) is 0 Å². The average molecular weight is 296 g/mol. The van der Waals surface area contributed by atoms with Crippen LogP contribution in [0.1, 0.15) is 20.8 Å². The molecule has 0 spiro atoms. The van der Waals surface area contributed by atoms with Crippen LogP contribution >= 0.6 is 0 Å². The number of carbonyl (C=O) groups is 2. The van der Waals surface area contributed by atoms with Crippen molar-refractivity contribution in [3.05, 3.63) is 36.0 Å². The van der Waals surface area contributed by atoms with Gasteiger partial charge in [-0.2, -0.15) is 0 Å². The summed E-state index contributed by atoms with van der Waals surface area (Å²) in [5, 5.41) is 18.7. The molecular formula is C15H20O6. The predicted molar refractivity (Wildman–Crippen MR) is 75.2 cm³/mol. The summed E-state index contributed by atoms with van der Waals surface area (Å²) in [5.74, 6) is -1.08. The molecule has 6 heteroatoms. The molecule has 0 aliphatic carbocycles. The summed E-state index contributed by atoms with van der Waals surface area (Å²) in [5.41, 5.74) is 0.437. The van der Waals surface area contributed by atoms with Crippen LogP contribution in [0.2, 0.25) is 0 Å². The van der Waals surface area contributed by atoms with Crippen LogP contribution in [-0.2, 0) is 19.1 Å². The Bertz CT molecular complexity index is 475. The van der Waals surface area contributed by atoms with Crippen LogP contribution in [0, 0.1) is 0 Å². The van der Waals surface area contributed by atoms with Gasteiger partial charge in [-0.25, -0.2) is 9.59 Å². The number of hydrogen-bond donors (Lipinski definition) is 2. The van der Waals surface area contributed by atoms with E-state index in [4.69, 9.17) is 9.47 Å². The van der Waals surface area contributed by atoms with Crippen LogP contribution in [0.5, 0.6) is 0 Å². The monoisotopic (exact) mass is 296 g/mol. The molecule has 0 unspecified atom stereocenters. The van der Waals surface area contributed by atoms with Gasteiger partial charge in [-0.1, -0.05) is 12.2 Å². The third kappa shape index (κ3) is 5.17. The smallest absolute Gasteiger partial charge is 0.334 e. The lowest BCUT2D eigenvalue weighted by atomic mass is 10.1. The Labute approximate surface area is 123 Å². The summed E-state index contributed by atoms with van der Waals surface area (Å²) >= 11 is 0. The largest absolute Gasteiger partial charge is 0.451 e. The van der Waals surface area contributed by atoms with Gasteiger partial charge in [0, 0.05) is 11.6 Å². The maximum absolute atomic E-state index is 11.7. The summed E-state index contributed by atoms with van der Waals surface area (Å²) in [6.45, 7) is 4.75. The number of carbonyl (C=O) groups excluding carboxylic acids is 2. The molecule has 1 rings (SSSR count). The van der Waals surface area contributed by atoms with Gasteiger partial charge < -0.3 is 19.7 Å². The second kappa shape index (κ2) is 7.75. The highest BCUT2D eigenvalue weighted by Crippen LogP contribution is 2.16. The van der Waals surface area contributed by atoms with E-state index in [9.17, 15) is 19.8 Å². The fourth-order valence-corrected chi connectivity index (χ4v) is 1.50. The summed E-state index contributed by atoms with van der Waals surface area (Å²) in [6, 6.07) is 0. The van der Waals surface area contributed by atoms with E-state index in [1.165, 1.54) is 31.2 Å². The molecule has 4 atom stereocenters. The van der Waals surface area contributed by atoms with E-state index in [0.29, 0.717) is 5.57 Å². The molecule has 0 saturated heterocycles. The first-order valence-electron chi connectivity index (χ1n) is 6.62. The quantitative estimate of drug-likeness (QED) is 0.439. The molecule has 0 saturated carbocycles. The van der Waals surface area contributed by atoms with E-state index in [0.717, 1.165) is 0 Å². The first-order chi connectivity index (χ1) is 9.85. The molecule has 0 fully saturated rings. The molecule has 21 heavy (non-hydrogen) atoms. The van der Waals surface area contributed by atoms with E-state index >= 15 is 0 Å². The molecule has 1 heterocycles. The van der Waals surface area contributed by atoms with Crippen LogP contribution in [0.25, 0.3) is 0 Å². The van der Waals surface area contributed by atoms with Gasteiger partial charge in [0.25, 0.3) is 0 Å². The van der Waals surface area contributed by atoms with Crippen molar-refractivity contribution in [1.29, 1.82) is 0 Å². The predicted octanol–water partition coefficient (Wildman–Crippen LogP) is 0.644. The van der Waals surface area contributed by atoms with Crippen LogP contribution < -0.4 is 0 Å². The van der Waals surface area contributed by atoms with Gasteiger partial charge in [-0.05, 0) is 32.9 Å². The number of aliphatic hydroxyl groups excluding tert-OH is 2. The van der Waals surface area contributed by atoms with Crippen molar-refractivity contribution < 1.29 is 29.3 Å². The minimum Gasteiger partial charge on any atom is -0.451 e. The first kappa shape index (κ1) is 17.1. The zero-order valence-electron chi connectivity index (χ0n) is 12.2. The van der Waals surface area contributed by atoms with E-state index in [1.807, 2.05) is 0 Å². The van der Waals surface area contributed by atoms with E-state index in [-0.39, 0.29) is 0 Å². The van der Waals surface area contributed by atoms with Crippen LogP contribution in [0.15, 0.2) is 36.0 Å². The van der Waals surface area contributed by atoms with Crippen molar-refractivity contribution in [3.8, 4) is 0 Å². The number of aliphatic hydroxyl groups is 2. The minimum absolute atomic E-state index is 0.437. The van der Waals surface area contributed by atoms with Crippen LogP contribution in [-0.4, -0.2) is 46.6 Å². The highest BCUT2D eigenvalue weighted by molar-refractivity contribution is 5.88. The molecule has 116 valence electrons. The van der Waals surface area contributed by atoms with E-state index in [2.05, 4.69) is 0 Å². The van der Waals surface area contributed by atoms with Crippen LogP contribution in [0.3, 0.4) is 0 Å². The van der Waals surface area contributed by atoms with Gasteiger partial charge in [0.15, 0.2) is 12.2 Å². The Morgan fingerprint density at radius 2 is 2.14 bits per heavy atom. The molecule has 6 nitrogen and oxygen atoms in total. The lowest BCUT2D eigenvalue weighted by Crippen LogP contribution is -2.36. The normalized spacial score (nSPS) is 25.6. The molecule has 0 amide bonds. The van der Waals surface area contributed by atoms with Crippen LogP contribution in [0.4, 0.5) is 0 Å². The molecule has 0 radical (unpaired) electrons. The zero-order valence-corrected chi connectivity index (χ0v) is 12.2. The number of cyclic esters (lactones) is 1.